The minimum Gasteiger partial charge on any atom is -0.508 e. The van der Waals surface area contributed by atoms with Crippen LogP contribution in [0.15, 0.2) is 24.3 Å². The average molecular weight is 449 g/mol. The van der Waals surface area contributed by atoms with Crippen LogP contribution in [0, 0.1) is 0 Å². The number of carboxylic acid groups (broad SMARTS) is 1. The van der Waals surface area contributed by atoms with E-state index in [1.54, 1.807) is 0 Å². The molecule has 0 saturated carbocycles. The number of hydrogen-bond donors (Lipinski definition) is 7. The van der Waals surface area contributed by atoms with Crippen LogP contribution in [0.25, 0.3) is 0 Å². The topological polar surface area (TPSA) is 200 Å². The molecule has 1 fully saturated rings. The highest BCUT2D eigenvalue weighted by atomic mass is 16.4. The zero-order valence-electron chi connectivity index (χ0n) is 17.3. The van der Waals surface area contributed by atoms with Crippen molar-refractivity contribution >= 4 is 29.6 Å². The van der Waals surface area contributed by atoms with Crippen LogP contribution in [-0.4, -0.2) is 71.0 Å². The Labute approximate surface area is 183 Å². The standard InChI is InChI=1S/C20H27N5O7/c21-16(27)9-15(20(31)32)25-19(30)14(8-11-3-5-12(26)6-4-11)24-17(28)10-23-18(29)13-2-1-7-22-13/h3-6,13-15,22,26H,1-2,7-10H2,(H2,21,27)(H,23,29)(H,24,28)(H,25,30)(H,31,32). The number of phenolic OH excluding ortho intramolecular Hbond substituents is 1. The van der Waals surface area contributed by atoms with E-state index in [1.165, 1.54) is 24.3 Å². The quantitative estimate of drug-likeness (QED) is 0.196. The van der Waals surface area contributed by atoms with Gasteiger partial charge in [0.05, 0.1) is 19.0 Å². The number of phenols is 1. The van der Waals surface area contributed by atoms with E-state index < -0.39 is 42.2 Å². The first kappa shape index (κ1) is 24.6. The minimum absolute atomic E-state index is 0.00872. The van der Waals surface area contributed by atoms with Crippen LogP contribution in [0.4, 0.5) is 0 Å². The fraction of sp³-hybridized carbons (Fsp3) is 0.450. The predicted molar refractivity (Wildman–Crippen MR) is 111 cm³/mol. The molecule has 174 valence electrons. The number of carbonyl (C=O) groups excluding carboxylic acids is 4. The second-order valence-corrected chi connectivity index (χ2v) is 7.43. The van der Waals surface area contributed by atoms with Gasteiger partial charge in [-0.3, -0.25) is 19.2 Å². The van der Waals surface area contributed by atoms with Crippen LogP contribution in [0.1, 0.15) is 24.8 Å². The Morgan fingerprint density at radius 1 is 1.09 bits per heavy atom. The van der Waals surface area contributed by atoms with Crippen molar-refractivity contribution in [2.45, 2.75) is 43.8 Å². The molecule has 1 aromatic rings. The minimum atomic E-state index is -1.56. The van der Waals surface area contributed by atoms with Gasteiger partial charge in [-0.15, -0.1) is 0 Å². The Hall–Kier alpha value is -3.67. The van der Waals surface area contributed by atoms with Crippen molar-refractivity contribution in [3.63, 3.8) is 0 Å². The Morgan fingerprint density at radius 3 is 2.34 bits per heavy atom. The van der Waals surface area contributed by atoms with Crippen molar-refractivity contribution < 1.29 is 34.2 Å². The van der Waals surface area contributed by atoms with Gasteiger partial charge in [0.1, 0.15) is 17.8 Å². The zero-order valence-corrected chi connectivity index (χ0v) is 17.3. The number of carbonyl (C=O) groups is 5. The first-order chi connectivity index (χ1) is 15.2. The molecule has 12 heteroatoms. The Kier molecular flexibility index (Phi) is 8.95. The lowest BCUT2D eigenvalue weighted by atomic mass is 10.0. The third-order valence-electron chi connectivity index (χ3n) is 4.85. The van der Waals surface area contributed by atoms with Crippen molar-refractivity contribution in [3.05, 3.63) is 29.8 Å². The molecule has 1 aliphatic rings. The summed E-state index contributed by atoms with van der Waals surface area (Å²) in [5.74, 6) is -4.19. The molecule has 1 heterocycles. The smallest absolute Gasteiger partial charge is 0.326 e. The van der Waals surface area contributed by atoms with Gasteiger partial charge in [-0.1, -0.05) is 12.1 Å². The van der Waals surface area contributed by atoms with Gasteiger partial charge in [0, 0.05) is 6.42 Å². The summed E-state index contributed by atoms with van der Waals surface area (Å²) in [5, 5.41) is 28.8. The summed E-state index contributed by atoms with van der Waals surface area (Å²) in [7, 11) is 0. The number of hydrogen-bond acceptors (Lipinski definition) is 7. The van der Waals surface area contributed by atoms with Gasteiger partial charge in [-0.25, -0.2) is 4.79 Å². The lowest BCUT2D eigenvalue weighted by molar-refractivity contribution is -0.143. The Morgan fingerprint density at radius 2 is 1.78 bits per heavy atom. The molecule has 1 saturated heterocycles. The average Bonchev–Trinajstić information content (AvgIpc) is 3.27. The fourth-order valence-corrected chi connectivity index (χ4v) is 3.19. The van der Waals surface area contributed by atoms with Crippen molar-refractivity contribution in [3.8, 4) is 5.75 Å². The summed E-state index contributed by atoms with van der Waals surface area (Å²) in [6.45, 7) is 0.342. The highest BCUT2D eigenvalue weighted by Gasteiger charge is 2.28. The van der Waals surface area contributed by atoms with Crippen LogP contribution in [0.2, 0.25) is 0 Å². The van der Waals surface area contributed by atoms with Crippen molar-refractivity contribution in [1.82, 2.24) is 21.3 Å². The Balaban J connectivity index is 2.04. The van der Waals surface area contributed by atoms with Crippen molar-refractivity contribution in [1.29, 1.82) is 0 Å². The number of benzene rings is 1. The molecule has 3 atom stereocenters. The monoisotopic (exact) mass is 449 g/mol. The molecule has 0 aliphatic carbocycles. The third-order valence-corrected chi connectivity index (χ3v) is 4.85. The van der Waals surface area contributed by atoms with Crippen LogP contribution in [0.5, 0.6) is 5.75 Å². The second-order valence-electron chi connectivity index (χ2n) is 7.43. The molecular formula is C20H27N5O7. The van der Waals surface area contributed by atoms with Gasteiger partial charge in [0.2, 0.25) is 23.6 Å². The van der Waals surface area contributed by atoms with E-state index in [-0.39, 0.29) is 30.7 Å². The number of carboxylic acids is 1. The van der Waals surface area contributed by atoms with Gasteiger partial charge in [0.25, 0.3) is 0 Å². The second kappa shape index (κ2) is 11.6. The maximum absolute atomic E-state index is 12.7. The SMILES string of the molecule is NC(=O)CC(NC(=O)C(Cc1ccc(O)cc1)NC(=O)CNC(=O)C1CCCN1)C(=O)O. The number of aromatic hydroxyl groups is 1. The van der Waals surface area contributed by atoms with Gasteiger partial charge >= 0.3 is 5.97 Å². The summed E-state index contributed by atoms with van der Waals surface area (Å²) in [4.78, 5) is 59.5. The molecule has 0 radical (unpaired) electrons. The van der Waals surface area contributed by atoms with Crippen LogP contribution < -0.4 is 27.0 Å². The van der Waals surface area contributed by atoms with Crippen molar-refractivity contribution in [2.24, 2.45) is 5.73 Å². The van der Waals surface area contributed by atoms with E-state index in [4.69, 9.17) is 5.73 Å². The molecule has 8 N–H and O–H groups in total. The highest BCUT2D eigenvalue weighted by Crippen LogP contribution is 2.12. The largest absolute Gasteiger partial charge is 0.508 e. The molecule has 32 heavy (non-hydrogen) atoms. The summed E-state index contributed by atoms with van der Waals surface area (Å²) in [6, 6.07) is 2.72. The maximum Gasteiger partial charge on any atom is 0.326 e. The van der Waals surface area contributed by atoms with E-state index >= 15 is 0 Å². The van der Waals surface area contributed by atoms with E-state index in [0.29, 0.717) is 12.0 Å². The zero-order chi connectivity index (χ0) is 23.7. The summed E-state index contributed by atoms with van der Waals surface area (Å²) in [5.41, 5.74) is 5.60. The van der Waals surface area contributed by atoms with E-state index in [2.05, 4.69) is 21.3 Å². The molecule has 1 aliphatic heterocycles. The molecule has 0 aromatic heterocycles. The normalized spacial score (nSPS) is 17.1. The van der Waals surface area contributed by atoms with Gasteiger partial charge in [0.15, 0.2) is 0 Å². The molecular weight excluding hydrogens is 422 g/mol. The Bertz CT molecular complexity index is 852. The number of nitrogens with one attached hydrogen (secondary N) is 4. The van der Waals surface area contributed by atoms with Gasteiger partial charge in [-0.2, -0.15) is 0 Å². The van der Waals surface area contributed by atoms with E-state index in [9.17, 15) is 34.2 Å². The lowest BCUT2D eigenvalue weighted by Crippen LogP contribution is -2.55. The fourth-order valence-electron chi connectivity index (χ4n) is 3.19. The summed E-state index contributed by atoms with van der Waals surface area (Å²) < 4.78 is 0. The number of primary amides is 1. The van der Waals surface area contributed by atoms with Crippen LogP contribution in [0.3, 0.4) is 0 Å². The summed E-state index contributed by atoms with van der Waals surface area (Å²) in [6.07, 6.45) is 0.870. The number of aliphatic carboxylic acids is 1. The predicted octanol–water partition coefficient (Wildman–Crippen LogP) is -2.27. The van der Waals surface area contributed by atoms with Gasteiger partial charge in [-0.05, 0) is 37.1 Å². The van der Waals surface area contributed by atoms with E-state index in [0.717, 1.165) is 13.0 Å². The molecule has 1 aromatic carbocycles. The van der Waals surface area contributed by atoms with Crippen LogP contribution in [-0.2, 0) is 30.4 Å². The van der Waals surface area contributed by atoms with Crippen molar-refractivity contribution in [2.75, 3.05) is 13.1 Å². The van der Waals surface area contributed by atoms with E-state index in [1.807, 2.05) is 0 Å². The highest BCUT2D eigenvalue weighted by molar-refractivity contribution is 5.93. The lowest BCUT2D eigenvalue weighted by Gasteiger charge is -2.21. The first-order valence-corrected chi connectivity index (χ1v) is 10.1. The number of nitrogens with two attached hydrogens (primary N) is 1. The molecule has 12 nitrogen and oxygen atoms in total. The molecule has 3 unspecified atom stereocenters. The maximum atomic E-state index is 12.7. The first-order valence-electron chi connectivity index (χ1n) is 10.1. The van der Waals surface area contributed by atoms with Crippen LogP contribution >= 0.6 is 0 Å². The third kappa shape index (κ3) is 7.87. The van der Waals surface area contributed by atoms with Gasteiger partial charge < -0.3 is 37.2 Å². The summed E-state index contributed by atoms with van der Waals surface area (Å²) >= 11 is 0. The number of rotatable bonds is 11. The molecule has 2 rings (SSSR count). The number of amides is 4. The molecule has 4 amide bonds. The molecule has 0 spiro atoms. The molecule has 0 bridgehead atoms.